The normalized spacial score (nSPS) is 20.2. The topological polar surface area (TPSA) is 107 Å². The molecule has 0 radical (unpaired) electrons. The van der Waals surface area contributed by atoms with Crippen LogP contribution in [-0.2, 0) is 20.9 Å². The van der Waals surface area contributed by atoms with E-state index < -0.39 is 18.3 Å². The first kappa shape index (κ1) is 26.6. The van der Waals surface area contributed by atoms with Gasteiger partial charge in [-0.3, -0.25) is 14.6 Å². The Labute approximate surface area is 217 Å². The van der Waals surface area contributed by atoms with Gasteiger partial charge in [-0.25, -0.2) is 20.1 Å². The fourth-order valence-electron chi connectivity index (χ4n) is 4.54. The van der Waals surface area contributed by atoms with Crippen LogP contribution in [0, 0.1) is 0 Å². The maximum absolute atomic E-state index is 12.1. The van der Waals surface area contributed by atoms with E-state index in [0.717, 1.165) is 44.5 Å². The Morgan fingerprint density at radius 2 is 2.00 bits per heavy atom. The van der Waals surface area contributed by atoms with Gasteiger partial charge >= 0.3 is 6.09 Å². The van der Waals surface area contributed by atoms with Crippen LogP contribution in [0.25, 0.3) is 6.08 Å². The molecular formula is C27H35N5O5. The van der Waals surface area contributed by atoms with Crippen molar-refractivity contribution in [3.8, 4) is 0 Å². The van der Waals surface area contributed by atoms with Crippen LogP contribution < -0.4 is 15.3 Å². The Hall–Kier alpha value is -3.47. The van der Waals surface area contributed by atoms with Crippen molar-refractivity contribution in [2.45, 2.75) is 44.6 Å². The highest BCUT2D eigenvalue weighted by molar-refractivity contribution is 5.91. The molecule has 1 unspecified atom stereocenters. The number of nitrogens with one attached hydrogen (secondary N) is 1. The molecule has 0 aliphatic carbocycles. The molecule has 2 saturated heterocycles. The van der Waals surface area contributed by atoms with E-state index in [4.69, 9.17) is 9.57 Å². The van der Waals surface area contributed by atoms with Crippen molar-refractivity contribution in [1.82, 2.24) is 15.4 Å². The predicted molar refractivity (Wildman–Crippen MR) is 141 cm³/mol. The zero-order valence-corrected chi connectivity index (χ0v) is 21.4. The molecular weight excluding hydrogens is 474 g/mol. The Morgan fingerprint density at radius 1 is 1.19 bits per heavy atom. The lowest BCUT2D eigenvalue weighted by atomic mass is 10.2. The molecule has 0 bridgehead atoms. The van der Waals surface area contributed by atoms with Crippen LogP contribution in [-0.4, -0.2) is 73.1 Å². The number of aromatic nitrogens is 1. The summed E-state index contributed by atoms with van der Waals surface area (Å²) in [6.45, 7) is 2.85. The van der Waals surface area contributed by atoms with Gasteiger partial charge in [-0.05, 0) is 60.7 Å². The van der Waals surface area contributed by atoms with Gasteiger partial charge in [0.25, 0.3) is 5.91 Å². The minimum Gasteiger partial charge on any atom is -0.465 e. The Kier molecular flexibility index (Phi) is 9.10. The van der Waals surface area contributed by atoms with Crippen LogP contribution >= 0.6 is 0 Å². The van der Waals surface area contributed by atoms with Gasteiger partial charge < -0.3 is 14.7 Å². The average Bonchev–Trinajstić information content (AvgIpc) is 3.35. The molecule has 2 fully saturated rings. The molecule has 0 saturated carbocycles. The maximum Gasteiger partial charge on any atom is 0.413 e. The Bertz CT molecular complexity index is 1070. The molecule has 0 spiro atoms. The highest BCUT2D eigenvalue weighted by Crippen LogP contribution is 2.24. The van der Waals surface area contributed by atoms with E-state index in [1.54, 1.807) is 24.4 Å². The third-order valence-corrected chi connectivity index (χ3v) is 6.55. The first-order valence-corrected chi connectivity index (χ1v) is 12.6. The summed E-state index contributed by atoms with van der Waals surface area (Å²) in [6.07, 6.45) is 6.54. The lowest BCUT2D eigenvalue weighted by Crippen LogP contribution is -2.41. The molecule has 1 aromatic heterocycles. The fourth-order valence-corrected chi connectivity index (χ4v) is 4.54. The molecule has 2 aromatic rings. The van der Waals surface area contributed by atoms with E-state index in [9.17, 15) is 14.7 Å². The second kappa shape index (κ2) is 12.7. The van der Waals surface area contributed by atoms with Crippen molar-refractivity contribution < 1.29 is 24.3 Å². The van der Waals surface area contributed by atoms with E-state index >= 15 is 0 Å². The molecule has 2 N–H and O–H groups in total. The highest BCUT2D eigenvalue weighted by atomic mass is 16.8. The summed E-state index contributed by atoms with van der Waals surface area (Å²) in [5.74, 6) is -0.0399. The summed E-state index contributed by atoms with van der Waals surface area (Å²) in [7, 11) is 4.02. The second-order valence-corrected chi connectivity index (χ2v) is 9.55. The van der Waals surface area contributed by atoms with Gasteiger partial charge in [0, 0.05) is 64.7 Å². The third-order valence-electron chi connectivity index (χ3n) is 6.55. The summed E-state index contributed by atoms with van der Waals surface area (Å²) < 4.78 is 5.41. The van der Waals surface area contributed by atoms with Crippen LogP contribution in [0.15, 0.2) is 48.7 Å². The van der Waals surface area contributed by atoms with E-state index in [1.807, 2.05) is 14.1 Å². The Balaban J connectivity index is 1.30. The fraction of sp³-hybridized carbons (Fsp3) is 0.444. The van der Waals surface area contributed by atoms with E-state index in [1.165, 1.54) is 16.5 Å². The number of rotatable bonds is 9. The maximum atomic E-state index is 12.1. The van der Waals surface area contributed by atoms with Crippen molar-refractivity contribution in [3.63, 3.8) is 0 Å². The summed E-state index contributed by atoms with van der Waals surface area (Å²) in [4.78, 5) is 39.4. The van der Waals surface area contributed by atoms with Gasteiger partial charge in [0.05, 0.1) is 6.04 Å². The van der Waals surface area contributed by atoms with E-state index in [-0.39, 0.29) is 6.04 Å². The zero-order chi connectivity index (χ0) is 26.2. The van der Waals surface area contributed by atoms with Crippen molar-refractivity contribution in [2.24, 2.45) is 0 Å². The number of hydroxylamine groups is 1. The van der Waals surface area contributed by atoms with E-state index in [0.29, 0.717) is 24.5 Å². The quantitative estimate of drug-likeness (QED) is 0.391. The monoisotopic (exact) mass is 509 g/mol. The molecule has 3 heterocycles. The summed E-state index contributed by atoms with van der Waals surface area (Å²) >= 11 is 0. The SMILES string of the molecule is CN(C)c1ccc(CN2CC[C@@H](N(C(=O)O)c3ccc(C=CC(=O)NOC4CCCCO4)cn3)C2)cc1. The number of likely N-dealkylation sites (tertiary alicyclic amines) is 1. The van der Waals surface area contributed by atoms with Gasteiger partial charge in [-0.15, -0.1) is 0 Å². The smallest absolute Gasteiger partial charge is 0.413 e. The minimum absolute atomic E-state index is 0.183. The minimum atomic E-state index is -1.03. The molecule has 37 heavy (non-hydrogen) atoms. The van der Waals surface area contributed by atoms with Crippen molar-refractivity contribution >= 4 is 29.6 Å². The molecule has 198 valence electrons. The van der Waals surface area contributed by atoms with Crippen molar-refractivity contribution in [1.29, 1.82) is 0 Å². The van der Waals surface area contributed by atoms with Crippen LogP contribution in [0.1, 0.15) is 36.8 Å². The molecule has 1 aromatic carbocycles. The number of pyridine rings is 1. The van der Waals surface area contributed by atoms with Crippen LogP contribution in [0.2, 0.25) is 0 Å². The van der Waals surface area contributed by atoms with Crippen LogP contribution in [0.5, 0.6) is 0 Å². The first-order chi connectivity index (χ1) is 17.9. The lowest BCUT2D eigenvalue weighted by molar-refractivity contribution is -0.198. The number of amides is 2. The van der Waals surface area contributed by atoms with Gasteiger partial charge in [0.15, 0.2) is 6.29 Å². The summed E-state index contributed by atoms with van der Waals surface area (Å²) in [5.41, 5.74) is 5.39. The highest BCUT2D eigenvalue weighted by Gasteiger charge is 2.32. The molecule has 2 aliphatic heterocycles. The third kappa shape index (κ3) is 7.51. The molecule has 10 nitrogen and oxygen atoms in total. The summed E-state index contributed by atoms with van der Waals surface area (Å²) in [6, 6.07) is 11.6. The van der Waals surface area contributed by atoms with Crippen molar-refractivity contribution in [2.75, 3.05) is 43.6 Å². The number of hydrogen-bond donors (Lipinski definition) is 2. The zero-order valence-electron chi connectivity index (χ0n) is 21.4. The van der Waals surface area contributed by atoms with Gasteiger partial charge in [0.1, 0.15) is 5.82 Å². The summed E-state index contributed by atoms with van der Waals surface area (Å²) in [5, 5.41) is 9.93. The van der Waals surface area contributed by atoms with Crippen LogP contribution in [0.3, 0.4) is 0 Å². The first-order valence-electron chi connectivity index (χ1n) is 12.6. The average molecular weight is 510 g/mol. The molecule has 4 rings (SSSR count). The standard InChI is InChI=1S/C27H35N5O5/c1-30(2)22-10-6-21(7-11-22)18-31-15-14-23(19-31)32(27(34)35)24-12-8-20(17-28-24)9-13-25(33)29-37-26-5-3-4-16-36-26/h6-13,17,23,26H,3-5,14-16,18-19H2,1-2H3,(H,29,33)(H,34,35)/t23-,26?/m1/s1. The number of nitrogens with zero attached hydrogens (tertiary/aromatic N) is 4. The molecule has 2 amide bonds. The largest absolute Gasteiger partial charge is 0.465 e. The number of carbonyl (C=O) groups excluding carboxylic acids is 1. The number of anilines is 2. The lowest BCUT2D eigenvalue weighted by Gasteiger charge is -2.25. The van der Waals surface area contributed by atoms with Crippen molar-refractivity contribution in [3.05, 3.63) is 59.8 Å². The van der Waals surface area contributed by atoms with Gasteiger partial charge in [-0.1, -0.05) is 12.1 Å². The predicted octanol–water partition coefficient (Wildman–Crippen LogP) is 3.49. The number of hydrogen-bond acceptors (Lipinski definition) is 7. The number of carbonyl (C=O) groups is 2. The molecule has 2 aliphatic rings. The van der Waals surface area contributed by atoms with Crippen LogP contribution in [0.4, 0.5) is 16.3 Å². The Morgan fingerprint density at radius 3 is 2.65 bits per heavy atom. The molecule has 10 heteroatoms. The second-order valence-electron chi connectivity index (χ2n) is 9.55. The van der Waals surface area contributed by atoms with Gasteiger partial charge in [0.2, 0.25) is 0 Å². The van der Waals surface area contributed by atoms with Gasteiger partial charge in [-0.2, -0.15) is 0 Å². The molecule has 2 atom stereocenters. The number of benzene rings is 1. The number of carboxylic acid groups (broad SMARTS) is 1. The number of ether oxygens (including phenoxy) is 1. The van der Waals surface area contributed by atoms with E-state index in [2.05, 4.69) is 44.5 Å².